The molecular formula is C17H19N5. The van der Waals surface area contributed by atoms with Gasteiger partial charge in [-0.05, 0) is 25.1 Å². The molecule has 1 aromatic carbocycles. The number of aryl methyl sites for hydroxylation is 1. The van der Waals surface area contributed by atoms with E-state index in [0.29, 0.717) is 6.54 Å². The van der Waals surface area contributed by atoms with E-state index < -0.39 is 0 Å². The number of nitrogens with zero attached hydrogens (tertiary/aromatic N) is 4. The summed E-state index contributed by atoms with van der Waals surface area (Å²) in [5.41, 5.74) is 2.96. The first-order valence-corrected chi connectivity index (χ1v) is 7.23. The minimum atomic E-state index is 0.646. The maximum atomic E-state index is 4.56. The van der Waals surface area contributed by atoms with Crippen LogP contribution in [0.2, 0.25) is 0 Å². The second kappa shape index (κ2) is 5.97. The number of benzene rings is 1. The highest BCUT2D eigenvalue weighted by atomic mass is 15.1. The molecule has 5 nitrogen and oxygen atoms in total. The molecule has 0 saturated carbocycles. The summed E-state index contributed by atoms with van der Waals surface area (Å²) in [5, 5.41) is 4.46. The molecule has 0 fully saturated rings. The van der Waals surface area contributed by atoms with Gasteiger partial charge in [0.1, 0.15) is 11.6 Å². The standard InChI is InChI=1S/C17H19N5/c1-12-20-15-7-5-4-6-14(15)16(21-12)11-18-13-8-9-17(19-10-13)22(2)3/h4-10,18H,11H2,1-3H3. The minimum absolute atomic E-state index is 0.646. The van der Waals surface area contributed by atoms with Crippen LogP contribution in [0.1, 0.15) is 11.5 Å². The third-order valence-electron chi connectivity index (χ3n) is 3.46. The highest BCUT2D eigenvalue weighted by Crippen LogP contribution is 2.17. The molecule has 0 aliphatic rings. The van der Waals surface area contributed by atoms with Crippen molar-refractivity contribution < 1.29 is 0 Å². The van der Waals surface area contributed by atoms with Gasteiger partial charge in [-0.2, -0.15) is 0 Å². The Labute approximate surface area is 130 Å². The summed E-state index contributed by atoms with van der Waals surface area (Å²) in [5.74, 6) is 1.73. The normalized spacial score (nSPS) is 10.7. The van der Waals surface area contributed by atoms with E-state index in [0.717, 1.165) is 33.9 Å². The lowest BCUT2D eigenvalue weighted by Crippen LogP contribution is -2.10. The number of para-hydroxylation sites is 1. The number of fused-ring (bicyclic) bond motifs is 1. The van der Waals surface area contributed by atoms with Gasteiger partial charge in [0.15, 0.2) is 0 Å². The lowest BCUT2D eigenvalue weighted by molar-refractivity contribution is 0.985. The lowest BCUT2D eigenvalue weighted by atomic mass is 10.2. The highest BCUT2D eigenvalue weighted by Gasteiger charge is 2.05. The average molecular weight is 293 g/mol. The van der Waals surface area contributed by atoms with Crippen molar-refractivity contribution in [3.8, 4) is 0 Å². The number of nitrogens with one attached hydrogen (secondary N) is 1. The smallest absolute Gasteiger partial charge is 0.128 e. The van der Waals surface area contributed by atoms with E-state index in [9.17, 15) is 0 Å². The van der Waals surface area contributed by atoms with Crippen molar-refractivity contribution in [2.75, 3.05) is 24.3 Å². The monoisotopic (exact) mass is 293 g/mol. The van der Waals surface area contributed by atoms with Crippen molar-refractivity contribution in [2.24, 2.45) is 0 Å². The summed E-state index contributed by atoms with van der Waals surface area (Å²) in [6.07, 6.45) is 1.84. The molecular weight excluding hydrogens is 274 g/mol. The van der Waals surface area contributed by atoms with Gasteiger partial charge in [0.2, 0.25) is 0 Å². The zero-order valence-electron chi connectivity index (χ0n) is 13.0. The van der Waals surface area contributed by atoms with Gasteiger partial charge in [0.05, 0.1) is 29.6 Å². The molecule has 5 heteroatoms. The Morgan fingerprint density at radius 3 is 2.59 bits per heavy atom. The Balaban J connectivity index is 1.81. The quantitative estimate of drug-likeness (QED) is 0.801. The number of anilines is 2. The Morgan fingerprint density at radius 2 is 1.86 bits per heavy atom. The van der Waals surface area contributed by atoms with Crippen LogP contribution in [0.25, 0.3) is 10.9 Å². The van der Waals surface area contributed by atoms with Gasteiger partial charge in [0, 0.05) is 19.5 Å². The van der Waals surface area contributed by atoms with E-state index in [-0.39, 0.29) is 0 Å². The maximum absolute atomic E-state index is 4.56. The summed E-state index contributed by atoms with van der Waals surface area (Å²) >= 11 is 0. The summed E-state index contributed by atoms with van der Waals surface area (Å²) in [6.45, 7) is 2.57. The third kappa shape index (κ3) is 2.98. The molecule has 0 radical (unpaired) electrons. The van der Waals surface area contributed by atoms with E-state index >= 15 is 0 Å². The Bertz CT molecular complexity index is 781. The molecule has 0 amide bonds. The molecule has 3 aromatic rings. The summed E-state index contributed by atoms with van der Waals surface area (Å²) < 4.78 is 0. The largest absolute Gasteiger partial charge is 0.378 e. The first-order valence-electron chi connectivity index (χ1n) is 7.23. The molecule has 0 unspecified atom stereocenters. The van der Waals surface area contributed by atoms with Crippen LogP contribution in [-0.4, -0.2) is 29.0 Å². The van der Waals surface area contributed by atoms with Crippen LogP contribution in [0.4, 0.5) is 11.5 Å². The molecule has 0 atom stereocenters. The topological polar surface area (TPSA) is 53.9 Å². The molecule has 0 bridgehead atoms. The van der Waals surface area contributed by atoms with Crippen LogP contribution < -0.4 is 10.2 Å². The Morgan fingerprint density at radius 1 is 1.05 bits per heavy atom. The minimum Gasteiger partial charge on any atom is -0.378 e. The van der Waals surface area contributed by atoms with Crippen LogP contribution >= 0.6 is 0 Å². The number of hydrogen-bond acceptors (Lipinski definition) is 5. The van der Waals surface area contributed by atoms with Gasteiger partial charge in [-0.15, -0.1) is 0 Å². The predicted molar refractivity (Wildman–Crippen MR) is 90.2 cm³/mol. The van der Waals surface area contributed by atoms with E-state index in [2.05, 4.69) is 26.3 Å². The molecule has 2 heterocycles. The van der Waals surface area contributed by atoms with Crippen molar-refractivity contribution >= 4 is 22.4 Å². The molecule has 0 aliphatic heterocycles. The van der Waals surface area contributed by atoms with E-state index in [4.69, 9.17) is 0 Å². The van der Waals surface area contributed by atoms with Crippen LogP contribution in [0.3, 0.4) is 0 Å². The number of hydrogen-bond donors (Lipinski definition) is 1. The van der Waals surface area contributed by atoms with Crippen LogP contribution in [0.15, 0.2) is 42.6 Å². The molecule has 0 saturated heterocycles. The fourth-order valence-corrected chi connectivity index (χ4v) is 2.35. The Hall–Kier alpha value is -2.69. The zero-order valence-corrected chi connectivity index (χ0v) is 13.0. The average Bonchev–Trinajstić information content (AvgIpc) is 2.52. The summed E-state index contributed by atoms with van der Waals surface area (Å²) in [4.78, 5) is 15.4. The van der Waals surface area contributed by atoms with E-state index in [1.54, 1.807) is 0 Å². The van der Waals surface area contributed by atoms with Crippen molar-refractivity contribution in [2.45, 2.75) is 13.5 Å². The highest BCUT2D eigenvalue weighted by molar-refractivity contribution is 5.81. The van der Waals surface area contributed by atoms with Gasteiger partial charge in [-0.25, -0.2) is 15.0 Å². The maximum Gasteiger partial charge on any atom is 0.128 e. The van der Waals surface area contributed by atoms with E-state index in [1.807, 2.05) is 62.4 Å². The van der Waals surface area contributed by atoms with Crippen molar-refractivity contribution in [3.63, 3.8) is 0 Å². The molecule has 0 aliphatic carbocycles. The number of pyridine rings is 1. The molecule has 112 valence electrons. The second-order valence-electron chi connectivity index (χ2n) is 5.39. The second-order valence-corrected chi connectivity index (χ2v) is 5.39. The number of rotatable bonds is 4. The number of aromatic nitrogens is 3. The fourth-order valence-electron chi connectivity index (χ4n) is 2.35. The Kier molecular flexibility index (Phi) is 3.87. The molecule has 3 rings (SSSR count). The molecule has 0 spiro atoms. The first kappa shape index (κ1) is 14.3. The van der Waals surface area contributed by atoms with Crippen molar-refractivity contribution in [1.82, 2.24) is 15.0 Å². The van der Waals surface area contributed by atoms with Gasteiger partial charge in [-0.3, -0.25) is 0 Å². The van der Waals surface area contributed by atoms with Crippen molar-refractivity contribution in [3.05, 3.63) is 54.1 Å². The SMILES string of the molecule is Cc1nc(CNc2ccc(N(C)C)nc2)c2ccccc2n1. The van der Waals surface area contributed by atoms with Crippen molar-refractivity contribution in [1.29, 1.82) is 0 Å². The third-order valence-corrected chi connectivity index (χ3v) is 3.46. The lowest BCUT2D eigenvalue weighted by Gasteiger charge is -2.12. The summed E-state index contributed by atoms with van der Waals surface area (Å²) in [6, 6.07) is 12.1. The van der Waals surface area contributed by atoms with Gasteiger partial charge < -0.3 is 10.2 Å². The summed E-state index contributed by atoms with van der Waals surface area (Å²) in [7, 11) is 3.95. The zero-order chi connectivity index (χ0) is 15.5. The van der Waals surface area contributed by atoms with Crippen LogP contribution in [0.5, 0.6) is 0 Å². The predicted octanol–water partition coefficient (Wildman–Crippen LogP) is 3.01. The van der Waals surface area contributed by atoms with Gasteiger partial charge >= 0.3 is 0 Å². The molecule has 1 N–H and O–H groups in total. The van der Waals surface area contributed by atoms with E-state index in [1.165, 1.54) is 0 Å². The van der Waals surface area contributed by atoms with Crippen LogP contribution in [0, 0.1) is 6.92 Å². The fraction of sp³-hybridized carbons (Fsp3) is 0.235. The molecule has 22 heavy (non-hydrogen) atoms. The van der Waals surface area contributed by atoms with Gasteiger partial charge in [-0.1, -0.05) is 18.2 Å². The van der Waals surface area contributed by atoms with Crippen LogP contribution in [-0.2, 0) is 6.54 Å². The molecule has 2 aromatic heterocycles. The van der Waals surface area contributed by atoms with Gasteiger partial charge in [0.25, 0.3) is 0 Å². The first-order chi connectivity index (χ1) is 10.6.